The van der Waals surface area contributed by atoms with Crippen LogP contribution < -0.4 is 10.6 Å². The van der Waals surface area contributed by atoms with Crippen LogP contribution in [0.2, 0.25) is 0 Å². The maximum absolute atomic E-state index is 5.45. The Morgan fingerprint density at radius 2 is 2.00 bits per heavy atom. The Kier molecular flexibility index (Phi) is 5.30. The highest BCUT2D eigenvalue weighted by Crippen LogP contribution is 2.16. The average Bonchev–Trinajstić information content (AvgIpc) is 3.12. The predicted octanol–water partition coefficient (Wildman–Crippen LogP) is 1.55. The topological polar surface area (TPSA) is 54.4 Å². The number of morpholine rings is 1. The molecule has 2 aliphatic rings. The Morgan fingerprint density at radius 1 is 1.16 bits per heavy atom. The Morgan fingerprint density at radius 3 is 2.88 bits per heavy atom. The van der Waals surface area contributed by atoms with Crippen LogP contribution in [0.15, 0.2) is 36.5 Å². The van der Waals surface area contributed by atoms with Gasteiger partial charge in [0.2, 0.25) is 0 Å². The standard InChI is InChI=1S/C19H27N5O/c1-2-4-18(15-23-7-9-25-10-8-23)17(3-1)13-20-11-16-12-21-19-5-6-22-24(19)14-16/h1-6,16,20-21H,7-15H2/t16-/m1/s1. The fraction of sp³-hybridized carbons (Fsp3) is 0.526. The van der Waals surface area contributed by atoms with Gasteiger partial charge in [0, 0.05) is 57.8 Å². The van der Waals surface area contributed by atoms with Gasteiger partial charge in [-0.05, 0) is 11.1 Å². The van der Waals surface area contributed by atoms with Gasteiger partial charge in [0.1, 0.15) is 5.82 Å². The first-order valence-corrected chi connectivity index (χ1v) is 9.22. The van der Waals surface area contributed by atoms with Crippen LogP contribution in [0.25, 0.3) is 0 Å². The highest BCUT2D eigenvalue weighted by molar-refractivity contribution is 5.35. The van der Waals surface area contributed by atoms with Gasteiger partial charge in [0.05, 0.1) is 19.4 Å². The summed E-state index contributed by atoms with van der Waals surface area (Å²) >= 11 is 0. The van der Waals surface area contributed by atoms with E-state index in [-0.39, 0.29) is 0 Å². The largest absolute Gasteiger partial charge is 0.379 e. The van der Waals surface area contributed by atoms with Crippen molar-refractivity contribution in [2.24, 2.45) is 5.92 Å². The third-order valence-electron chi connectivity index (χ3n) is 5.08. The van der Waals surface area contributed by atoms with E-state index in [1.807, 2.05) is 12.3 Å². The molecular weight excluding hydrogens is 314 g/mol. The lowest BCUT2D eigenvalue weighted by atomic mass is 10.1. The number of nitrogens with zero attached hydrogens (tertiary/aromatic N) is 3. The lowest BCUT2D eigenvalue weighted by molar-refractivity contribution is 0.0340. The molecule has 0 bridgehead atoms. The summed E-state index contributed by atoms with van der Waals surface area (Å²) in [4.78, 5) is 2.48. The Hall–Kier alpha value is -1.89. The maximum Gasteiger partial charge on any atom is 0.124 e. The Balaban J connectivity index is 1.29. The molecule has 6 heteroatoms. The van der Waals surface area contributed by atoms with Gasteiger partial charge in [0.25, 0.3) is 0 Å². The monoisotopic (exact) mass is 341 g/mol. The van der Waals surface area contributed by atoms with Gasteiger partial charge in [0.15, 0.2) is 0 Å². The molecule has 1 aromatic carbocycles. The van der Waals surface area contributed by atoms with Gasteiger partial charge in [-0.2, -0.15) is 5.10 Å². The van der Waals surface area contributed by atoms with Crippen molar-refractivity contribution in [2.75, 3.05) is 44.7 Å². The van der Waals surface area contributed by atoms with Crippen LogP contribution in [0.5, 0.6) is 0 Å². The van der Waals surface area contributed by atoms with Crippen LogP contribution >= 0.6 is 0 Å². The summed E-state index contributed by atoms with van der Waals surface area (Å²) in [6, 6.07) is 10.8. The van der Waals surface area contributed by atoms with E-state index in [4.69, 9.17) is 4.74 Å². The number of nitrogens with one attached hydrogen (secondary N) is 2. The second-order valence-electron chi connectivity index (χ2n) is 6.93. The zero-order valence-corrected chi connectivity index (χ0v) is 14.7. The van der Waals surface area contributed by atoms with E-state index in [9.17, 15) is 0 Å². The van der Waals surface area contributed by atoms with Crippen molar-refractivity contribution in [1.82, 2.24) is 20.0 Å². The number of fused-ring (bicyclic) bond motifs is 1. The first-order valence-electron chi connectivity index (χ1n) is 9.22. The van der Waals surface area contributed by atoms with Crippen molar-refractivity contribution >= 4 is 5.82 Å². The maximum atomic E-state index is 5.45. The normalized spacial score (nSPS) is 20.9. The van der Waals surface area contributed by atoms with E-state index >= 15 is 0 Å². The highest BCUT2D eigenvalue weighted by atomic mass is 16.5. The van der Waals surface area contributed by atoms with E-state index in [0.29, 0.717) is 5.92 Å². The molecular formula is C19H27N5O. The molecule has 25 heavy (non-hydrogen) atoms. The summed E-state index contributed by atoms with van der Waals surface area (Å²) in [5.41, 5.74) is 2.82. The number of hydrogen-bond acceptors (Lipinski definition) is 5. The molecule has 1 aromatic heterocycles. The molecule has 0 spiro atoms. The van der Waals surface area contributed by atoms with Gasteiger partial charge >= 0.3 is 0 Å². The van der Waals surface area contributed by atoms with Crippen LogP contribution in [0.1, 0.15) is 11.1 Å². The number of ether oxygens (including phenoxy) is 1. The van der Waals surface area contributed by atoms with Crippen molar-refractivity contribution in [3.8, 4) is 0 Å². The minimum Gasteiger partial charge on any atom is -0.379 e. The summed E-state index contributed by atoms with van der Waals surface area (Å²) in [7, 11) is 0. The summed E-state index contributed by atoms with van der Waals surface area (Å²) < 4.78 is 7.51. The molecule has 4 rings (SSSR count). The molecule has 134 valence electrons. The number of anilines is 1. The minimum atomic E-state index is 0.568. The number of aromatic nitrogens is 2. The predicted molar refractivity (Wildman–Crippen MR) is 98.5 cm³/mol. The first-order chi connectivity index (χ1) is 12.4. The fourth-order valence-corrected chi connectivity index (χ4v) is 3.62. The summed E-state index contributed by atoms with van der Waals surface area (Å²) in [6.45, 7) is 8.69. The van der Waals surface area contributed by atoms with Crippen LogP contribution in [0, 0.1) is 5.92 Å². The van der Waals surface area contributed by atoms with Crippen molar-refractivity contribution in [2.45, 2.75) is 19.6 Å². The first kappa shape index (κ1) is 16.6. The molecule has 0 saturated carbocycles. The highest BCUT2D eigenvalue weighted by Gasteiger charge is 2.18. The van der Waals surface area contributed by atoms with E-state index in [1.165, 1.54) is 11.1 Å². The van der Waals surface area contributed by atoms with E-state index in [0.717, 1.165) is 64.8 Å². The van der Waals surface area contributed by atoms with Crippen LogP contribution in [-0.4, -0.2) is 54.1 Å². The molecule has 1 atom stereocenters. The molecule has 2 aliphatic heterocycles. The van der Waals surface area contributed by atoms with Crippen LogP contribution in [0.3, 0.4) is 0 Å². The van der Waals surface area contributed by atoms with Crippen LogP contribution in [0.4, 0.5) is 5.82 Å². The molecule has 0 aliphatic carbocycles. The van der Waals surface area contributed by atoms with E-state index < -0.39 is 0 Å². The SMILES string of the molecule is c1ccc(CN2CCOCC2)c(CNC[C@@H]2CNc3ccnn3C2)c1. The number of benzene rings is 1. The van der Waals surface area contributed by atoms with Crippen LogP contribution in [-0.2, 0) is 24.4 Å². The molecule has 3 heterocycles. The minimum absolute atomic E-state index is 0.568. The zero-order valence-electron chi connectivity index (χ0n) is 14.7. The molecule has 1 fully saturated rings. The smallest absolute Gasteiger partial charge is 0.124 e. The molecule has 1 saturated heterocycles. The van der Waals surface area contributed by atoms with E-state index in [2.05, 4.69) is 49.6 Å². The fourth-order valence-electron chi connectivity index (χ4n) is 3.62. The summed E-state index contributed by atoms with van der Waals surface area (Å²) in [5.74, 6) is 1.70. The van der Waals surface area contributed by atoms with Crippen molar-refractivity contribution in [1.29, 1.82) is 0 Å². The van der Waals surface area contributed by atoms with Crippen molar-refractivity contribution in [3.05, 3.63) is 47.7 Å². The second-order valence-corrected chi connectivity index (χ2v) is 6.93. The van der Waals surface area contributed by atoms with E-state index in [1.54, 1.807) is 0 Å². The van der Waals surface area contributed by atoms with Gasteiger partial charge in [-0.3, -0.25) is 4.90 Å². The summed E-state index contributed by atoms with van der Waals surface area (Å²) in [6.07, 6.45) is 1.86. The Bertz CT molecular complexity index is 680. The lowest BCUT2D eigenvalue weighted by Crippen LogP contribution is -2.36. The van der Waals surface area contributed by atoms with Gasteiger partial charge in [-0.25, -0.2) is 4.68 Å². The Labute approximate surface area is 149 Å². The van der Waals surface area contributed by atoms with Crippen molar-refractivity contribution < 1.29 is 4.74 Å². The van der Waals surface area contributed by atoms with Gasteiger partial charge < -0.3 is 15.4 Å². The molecule has 2 aromatic rings. The van der Waals surface area contributed by atoms with Gasteiger partial charge in [-0.15, -0.1) is 0 Å². The third kappa shape index (κ3) is 4.21. The lowest BCUT2D eigenvalue weighted by Gasteiger charge is -2.28. The average molecular weight is 341 g/mol. The van der Waals surface area contributed by atoms with Gasteiger partial charge in [-0.1, -0.05) is 24.3 Å². The number of hydrogen-bond donors (Lipinski definition) is 2. The van der Waals surface area contributed by atoms with Crippen molar-refractivity contribution in [3.63, 3.8) is 0 Å². The molecule has 6 nitrogen and oxygen atoms in total. The quantitative estimate of drug-likeness (QED) is 0.835. The molecule has 2 N–H and O–H groups in total. The second kappa shape index (κ2) is 7.99. The molecule has 0 amide bonds. The molecule has 0 unspecified atom stereocenters. The number of rotatable bonds is 6. The molecule has 0 radical (unpaired) electrons. The summed E-state index contributed by atoms with van der Waals surface area (Å²) in [5, 5.41) is 11.5. The third-order valence-corrected chi connectivity index (χ3v) is 5.08. The zero-order chi connectivity index (χ0) is 16.9.